The normalized spacial score (nSPS) is 15.7. The first-order chi connectivity index (χ1) is 12.8. The van der Waals surface area contributed by atoms with Gasteiger partial charge in [-0.2, -0.15) is 10.2 Å². The molecule has 8 heteroatoms. The van der Waals surface area contributed by atoms with E-state index in [1.807, 2.05) is 35.4 Å². The summed E-state index contributed by atoms with van der Waals surface area (Å²) in [6.45, 7) is 1.59. The van der Waals surface area contributed by atoms with Gasteiger partial charge in [-0.3, -0.25) is 9.78 Å². The fraction of sp³-hybridized carbons (Fsp3) is 0.278. The summed E-state index contributed by atoms with van der Waals surface area (Å²) in [4.78, 5) is 4.81. The van der Waals surface area contributed by atoms with Gasteiger partial charge in [0.05, 0.1) is 29.6 Å². The number of nitrogens with one attached hydrogen (secondary N) is 2. The van der Waals surface area contributed by atoms with Gasteiger partial charge in [0.25, 0.3) is 0 Å². The highest BCUT2D eigenvalue weighted by molar-refractivity contribution is 9.10. The van der Waals surface area contributed by atoms with E-state index >= 15 is 0 Å². The molecule has 1 aromatic carbocycles. The standard InChI is InChI=1S/C18H17BrN6O/c19-15-3-1-2-13-14-9-20-24-17(14)18(23-16(13)15)22-11-8-21-25(10-11)12-4-6-26-7-5-12/h1-3,8-10,12H,4-7H2,(H,20,24)(H,22,23). The van der Waals surface area contributed by atoms with Crippen molar-refractivity contribution in [3.8, 4) is 0 Å². The smallest absolute Gasteiger partial charge is 0.157 e. The Morgan fingerprint density at radius 1 is 1.19 bits per heavy atom. The lowest BCUT2D eigenvalue weighted by molar-refractivity contribution is 0.0662. The molecule has 5 rings (SSSR count). The minimum absolute atomic E-state index is 0.394. The van der Waals surface area contributed by atoms with Crippen LogP contribution < -0.4 is 5.32 Å². The van der Waals surface area contributed by atoms with Crippen molar-refractivity contribution in [3.63, 3.8) is 0 Å². The fourth-order valence-electron chi connectivity index (χ4n) is 3.46. The maximum atomic E-state index is 5.43. The zero-order chi connectivity index (χ0) is 17.5. The van der Waals surface area contributed by atoms with Crippen molar-refractivity contribution >= 4 is 49.2 Å². The van der Waals surface area contributed by atoms with E-state index < -0.39 is 0 Å². The lowest BCUT2D eigenvalue weighted by atomic mass is 10.1. The van der Waals surface area contributed by atoms with E-state index in [4.69, 9.17) is 9.72 Å². The molecule has 132 valence electrons. The van der Waals surface area contributed by atoms with E-state index in [-0.39, 0.29) is 0 Å². The first-order valence-electron chi connectivity index (χ1n) is 8.60. The van der Waals surface area contributed by atoms with Gasteiger partial charge in [-0.25, -0.2) is 4.98 Å². The van der Waals surface area contributed by atoms with Gasteiger partial charge in [0.1, 0.15) is 5.52 Å². The molecule has 0 atom stereocenters. The number of nitrogens with zero attached hydrogens (tertiary/aromatic N) is 4. The quantitative estimate of drug-likeness (QED) is 0.527. The number of rotatable bonds is 3. The highest BCUT2D eigenvalue weighted by Crippen LogP contribution is 2.33. The third-order valence-corrected chi connectivity index (χ3v) is 5.45. The van der Waals surface area contributed by atoms with E-state index in [1.165, 1.54) is 0 Å². The Hall–Kier alpha value is -2.45. The number of pyridine rings is 1. The van der Waals surface area contributed by atoms with Crippen molar-refractivity contribution in [2.24, 2.45) is 0 Å². The minimum Gasteiger partial charge on any atom is -0.381 e. The number of fused-ring (bicyclic) bond motifs is 3. The summed E-state index contributed by atoms with van der Waals surface area (Å²) in [5, 5.41) is 17.3. The van der Waals surface area contributed by atoms with E-state index in [1.54, 1.807) is 0 Å². The Labute approximate surface area is 157 Å². The number of hydrogen-bond acceptors (Lipinski definition) is 5. The zero-order valence-electron chi connectivity index (χ0n) is 13.9. The number of hydrogen-bond donors (Lipinski definition) is 2. The van der Waals surface area contributed by atoms with Gasteiger partial charge in [-0.1, -0.05) is 12.1 Å². The van der Waals surface area contributed by atoms with Gasteiger partial charge in [-0.05, 0) is 34.8 Å². The van der Waals surface area contributed by atoms with E-state index in [0.717, 1.165) is 63.8 Å². The van der Waals surface area contributed by atoms with Crippen LogP contribution in [-0.2, 0) is 4.74 Å². The second kappa shape index (κ2) is 6.37. The highest BCUT2D eigenvalue weighted by Gasteiger charge is 2.17. The summed E-state index contributed by atoms with van der Waals surface area (Å²) in [6, 6.07) is 6.45. The van der Waals surface area contributed by atoms with Gasteiger partial charge in [0.15, 0.2) is 5.82 Å². The summed E-state index contributed by atoms with van der Waals surface area (Å²) in [5.74, 6) is 0.739. The molecule has 1 saturated heterocycles. The molecule has 7 nitrogen and oxygen atoms in total. The Bertz CT molecular complexity index is 1080. The van der Waals surface area contributed by atoms with Crippen molar-refractivity contribution in [3.05, 3.63) is 41.3 Å². The second-order valence-electron chi connectivity index (χ2n) is 6.43. The molecule has 0 spiro atoms. The molecule has 0 saturated carbocycles. The minimum atomic E-state index is 0.394. The lowest BCUT2D eigenvalue weighted by Gasteiger charge is -2.22. The van der Waals surface area contributed by atoms with Crippen molar-refractivity contribution in [1.29, 1.82) is 0 Å². The lowest BCUT2D eigenvalue weighted by Crippen LogP contribution is -2.19. The molecule has 4 heterocycles. The monoisotopic (exact) mass is 412 g/mol. The molecular weight excluding hydrogens is 396 g/mol. The van der Waals surface area contributed by atoms with Crippen LogP contribution in [-0.4, -0.2) is 38.2 Å². The molecule has 1 aliphatic rings. The average Bonchev–Trinajstić information content (AvgIpc) is 3.33. The number of halogens is 1. The predicted molar refractivity (Wildman–Crippen MR) is 104 cm³/mol. The van der Waals surface area contributed by atoms with Gasteiger partial charge >= 0.3 is 0 Å². The average molecular weight is 413 g/mol. The van der Waals surface area contributed by atoms with Crippen LogP contribution in [0.25, 0.3) is 21.8 Å². The molecule has 1 fully saturated rings. The maximum Gasteiger partial charge on any atom is 0.157 e. The Balaban J connectivity index is 1.53. The Kier molecular flexibility index (Phi) is 3.86. The van der Waals surface area contributed by atoms with Gasteiger partial charge < -0.3 is 10.1 Å². The van der Waals surface area contributed by atoms with Gasteiger partial charge in [-0.15, -0.1) is 0 Å². The predicted octanol–water partition coefficient (Wildman–Crippen LogP) is 4.17. The number of aromatic nitrogens is 5. The number of benzene rings is 1. The van der Waals surface area contributed by atoms with Crippen LogP contribution in [0.2, 0.25) is 0 Å². The SMILES string of the molecule is Brc1cccc2c1nc(Nc1cnn(C3CCOCC3)c1)c1[nH]ncc12. The first-order valence-corrected chi connectivity index (χ1v) is 9.39. The summed E-state index contributed by atoms with van der Waals surface area (Å²) in [6.07, 6.45) is 7.69. The molecule has 26 heavy (non-hydrogen) atoms. The van der Waals surface area contributed by atoms with Crippen LogP contribution in [0, 0.1) is 0 Å². The molecule has 0 amide bonds. The van der Waals surface area contributed by atoms with Crippen LogP contribution in [0.3, 0.4) is 0 Å². The Morgan fingerprint density at radius 2 is 2.08 bits per heavy atom. The molecule has 0 unspecified atom stereocenters. The summed E-state index contributed by atoms with van der Waals surface area (Å²) < 4.78 is 8.41. The molecule has 3 aromatic heterocycles. The van der Waals surface area contributed by atoms with Crippen molar-refractivity contribution in [2.45, 2.75) is 18.9 Å². The zero-order valence-corrected chi connectivity index (χ0v) is 15.5. The van der Waals surface area contributed by atoms with Crippen LogP contribution in [0.4, 0.5) is 11.5 Å². The highest BCUT2D eigenvalue weighted by atomic mass is 79.9. The summed E-state index contributed by atoms with van der Waals surface area (Å²) in [5.41, 5.74) is 2.70. The molecule has 4 aromatic rings. The summed E-state index contributed by atoms with van der Waals surface area (Å²) >= 11 is 3.60. The number of anilines is 2. The third-order valence-electron chi connectivity index (χ3n) is 4.81. The molecule has 1 aliphatic heterocycles. The molecule has 0 bridgehead atoms. The maximum absolute atomic E-state index is 5.43. The number of ether oxygens (including phenoxy) is 1. The second-order valence-corrected chi connectivity index (χ2v) is 7.29. The van der Waals surface area contributed by atoms with Crippen LogP contribution >= 0.6 is 15.9 Å². The number of aromatic amines is 1. The number of H-pyrrole nitrogens is 1. The summed E-state index contributed by atoms with van der Waals surface area (Å²) in [7, 11) is 0. The molecular formula is C18H17BrN6O. The van der Waals surface area contributed by atoms with Crippen LogP contribution in [0.1, 0.15) is 18.9 Å². The molecule has 0 radical (unpaired) electrons. The number of para-hydroxylation sites is 1. The van der Waals surface area contributed by atoms with E-state index in [9.17, 15) is 0 Å². The van der Waals surface area contributed by atoms with Crippen molar-refractivity contribution in [2.75, 3.05) is 18.5 Å². The van der Waals surface area contributed by atoms with E-state index in [2.05, 4.69) is 42.6 Å². The molecule has 2 N–H and O–H groups in total. The Morgan fingerprint density at radius 3 is 2.96 bits per heavy atom. The van der Waals surface area contributed by atoms with Gasteiger partial charge in [0.2, 0.25) is 0 Å². The van der Waals surface area contributed by atoms with Gasteiger partial charge in [0, 0.05) is 34.7 Å². The topological polar surface area (TPSA) is 80.6 Å². The van der Waals surface area contributed by atoms with E-state index in [0.29, 0.717) is 6.04 Å². The van der Waals surface area contributed by atoms with Crippen molar-refractivity contribution in [1.82, 2.24) is 25.0 Å². The van der Waals surface area contributed by atoms with Crippen LogP contribution in [0.5, 0.6) is 0 Å². The molecule has 0 aliphatic carbocycles. The van der Waals surface area contributed by atoms with Crippen molar-refractivity contribution < 1.29 is 4.74 Å². The third kappa shape index (κ3) is 2.65. The van der Waals surface area contributed by atoms with Crippen LogP contribution in [0.15, 0.2) is 41.3 Å². The fourth-order valence-corrected chi connectivity index (χ4v) is 3.92. The largest absolute Gasteiger partial charge is 0.381 e. The first kappa shape index (κ1) is 15.8.